The standard InChI is InChI=1S/C23H26N2O6/c1-6-25-22(26)19(14-8-10-16(11-9-14)31-7-2)20(23(25)27)24-15-12-17(28-3)21(30-5)18(13-15)29-4/h8-13,24H,6-7H2,1-5H3. The minimum absolute atomic E-state index is 0.185. The molecule has 0 unspecified atom stereocenters. The lowest BCUT2D eigenvalue weighted by atomic mass is 10.0. The number of nitrogens with one attached hydrogen (secondary N) is 1. The maximum Gasteiger partial charge on any atom is 0.278 e. The minimum atomic E-state index is -0.398. The highest BCUT2D eigenvalue weighted by molar-refractivity contribution is 6.36. The van der Waals surface area contributed by atoms with Crippen molar-refractivity contribution in [2.75, 3.05) is 39.8 Å². The van der Waals surface area contributed by atoms with Crippen molar-refractivity contribution in [3.63, 3.8) is 0 Å². The summed E-state index contributed by atoms with van der Waals surface area (Å²) in [6.45, 7) is 4.46. The van der Waals surface area contributed by atoms with Crippen LogP contribution in [-0.4, -0.2) is 51.2 Å². The van der Waals surface area contributed by atoms with Crippen LogP contribution in [-0.2, 0) is 9.59 Å². The maximum absolute atomic E-state index is 13.0. The van der Waals surface area contributed by atoms with Gasteiger partial charge in [0.2, 0.25) is 5.75 Å². The first-order chi connectivity index (χ1) is 15.0. The molecule has 0 radical (unpaired) electrons. The van der Waals surface area contributed by atoms with Gasteiger partial charge in [-0.2, -0.15) is 0 Å². The first kappa shape index (κ1) is 22.0. The van der Waals surface area contributed by atoms with E-state index >= 15 is 0 Å². The van der Waals surface area contributed by atoms with Gasteiger partial charge in [0.25, 0.3) is 11.8 Å². The van der Waals surface area contributed by atoms with Gasteiger partial charge in [0, 0.05) is 24.4 Å². The van der Waals surface area contributed by atoms with E-state index < -0.39 is 5.91 Å². The number of rotatable bonds is 9. The summed E-state index contributed by atoms with van der Waals surface area (Å²) in [5.41, 5.74) is 1.62. The largest absolute Gasteiger partial charge is 0.494 e. The van der Waals surface area contributed by atoms with Crippen molar-refractivity contribution in [2.45, 2.75) is 13.8 Å². The molecule has 3 rings (SSSR count). The van der Waals surface area contributed by atoms with Gasteiger partial charge in [-0.05, 0) is 31.5 Å². The number of amides is 2. The fourth-order valence-electron chi connectivity index (χ4n) is 3.43. The maximum atomic E-state index is 13.0. The lowest BCUT2D eigenvalue weighted by molar-refractivity contribution is -0.136. The summed E-state index contributed by atoms with van der Waals surface area (Å²) in [5, 5.41) is 3.10. The quantitative estimate of drug-likeness (QED) is 0.616. The van der Waals surface area contributed by atoms with Crippen LogP contribution in [0.15, 0.2) is 42.1 Å². The number of methoxy groups -OCH3 is 3. The SMILES string of the molecule is CCOc1ccc(C2=C(Nc3cc(OC)c(OC)c(OC)c3)C(=O)N(CC)C2=O)cc1. The number of hydrogen-bond acceptors (Lipinski definition) is 7. The Balaban J connectivity index is 2.08. The van der Waals surface area contributed by atoms with Crippen LogP contribution in [0.4, 0.5) is 5.69 Å². The third-order valence-electron chi connectivity index (χ3n) is 4.87. The molecule has 1 aliphatic rings. The molecule has 8 nitrogen and oxygen atoms in total. The predicted octanol–water partition coefficient (Wildman–Crippen LogP) is 3.32. The molecule has 0 aliphatic carbocycles. The van der Waals surface area contributed by atoms with Crippen LogP contribution < -0.4 is 24.3 Å². The van der Waals surface area contributed by atoms with Gasteiger partial charge in [0.15, 0.2) is 11.5 Å². The van der Waals surface area contributed by atoms with Crippen LogP contribution in [0, 0.1) is 0 Å². The number of benzene rings is 2. The van der Waals surface area contributed by atoms with Crippen molar-refractivity contribution in [1.29, 1.82) is 0 Å². The van der Waals surface area contributed by atoms with E-state index in [9.17, 15) is 9.59 Å². The van der Waals surface area contributed by atoms with E-state index in [0.29, 0.717) is 46.4 Å². The summed E-state index contributed by atoms with van der Waals surface area (Å²) < 4.78 is 21.6. The van der Waals surface area contributed by atoms with Crippen LogP contribution in [0.25, 0.3) is 5.57 Å². The van der Waals surface area contributed by atoms with E-state index in [-0.39, 0.29) is 18.1 Å². The summed E-state index contributed by atoms with van der Waals surface area (Å²) in [7, 11) is 4.53. The highest BCUT2D eigenvalue weighted by atomic mass is 16.5. The third-order valence-corrected chi connectivity index (χ3v) is 4.87. The number of ether oxygens (including phenoxy) is 4. The molecule has 0 aromatic heterocycles. The molecular formula is C23H26N2O6. The second-order valence-corrected chi connectivity index (χ2v) is 6.60. The number of carbonyl (C=O) groups is 2. The van der Waals surface area contributed by atoms with Crippen molar-refractivity contribution < 1.29 is 28.5 Å². The molecule has 1 heterocycles. The summed E-state index contributed by atoms with van der Waals surface area (Å²) in [5.74, 6) is 1.22. The average Bonchev–Trinajstić information content (AvgIpc) is 3.02. The van der Waals surface area contributed by atoms with Gasteiger partial charge in [-0.1, -0.05) is 12.1 Å². The molecule has 0 saturated heterocycles. The van der Waals surface area contributed by atoms with Crippen molar-refractivity contribution in [3.8, 4) is 23.0 Å². The normalized spacial score (nSPS) is 13.5. The molecule has 0 atom stereocenters. The Bertz CT molecular complexity index is 988. The van der Waals surface area contributed by atoms with Crippen molar-refractivity contribution in [1.82, 2.24) is 4.90 Å². The van der Waals surface area contributed by atoms with Crippen molar-refractivity contribution in [3.05, 3.63) is 47.7 Å². The Morgan fingerprint density at radius 1 is 0.871 bits per heavy atom. The molecule has 0 bridgehead atoms. The molecular weight excluding hydrogens is 400 g/mol. The Kier molecular flexibility index (Phi) is 6.69. The summed E-state index contributed by atoms with van der Waals surface area (Å²) in [6.07, 6.45) is 0. The van der Waals surface area contributed by atoms with E-state index in [0.717, 1.165) is 0 Å². The number of anilines is 1. The highest BCUT2D eigenvalue weighted by Gasteiger charge is 2.38. The fourth-order valence-corrected chi connectivity index (χ4v) is 3.43. The number of nitrogens with zero attached hydrogens (tertiary/aromatic N) is 1. The third kappa shape index (κ3) is 4.14. The summed E-state index contributed by atoms with van der Waals surface area (Å²) in [4.78, 5) is 27.2. The second-order valence-electron chi connectivity index (χ2n) is 6.60. The molecule has 31 heavy (non-hydrogen) atoms. The Morgan fingerprint density at radius 3 is 1.97 bits per heavy atom. The second kappa shape index (κ2) is 9.42. The predicted molar refractivity (Wildman–Crippen MR) is 117 cm³/mol. The van der Waals surface area contributed by atoms with Crippen LogP contribution in [0.2, 0.25) is 0 Å². The molecule has 0 fully saturated rings. The zero-order chi connectivity index (χ0) is 22.5. The van der Waals surface area contributed by atoms with Gasteiger partial charge in [0.1, 0.15) is 11.4 Å². The lowest BCUT2D eigenvalue weighted by Crippen LogP contribution is -2.32. The van der Waals surface area contributed by atoms with E-state index in [1.165, 1.54) is 26.2 Å². The first-order valence-corrected chi connectivity index (χ1v) is 9.89. The fraction of sp³-hybridized carbons (Fsp3) is 0.304. The molecule has 2 aromatic rings. The van der Waals surface area contributed by atoms with Gasteiger partial charge < -0.3 is 24.3 Å². The number of hydrogen-bond donors (Lipinski definition) is 1. The van der Waals surface area contributed by atoms with Crippen molar-refractivity contribution in [2.24, 2.45) is 0 Å². The van der Waals surface area contributed by atoms with E-state index in [1.807, 2.05) is 6.92 Å². The highest BCUT2D eigenvalue weighted by Crippen LogP contribution is 2.41. The smallest absolute Gasteiger partial charge is 0.278 e. The molecule has 164 valence electrons. The van der Waals surface area contributed by atoms with E-state index in [2.05, 4.69) is 5.32 Å². The van der Waals surface area contributed by atoms with Crippen LogP contribution >= 0.6 is 0 Å². The van der Waals surface area contributed by atoms with Gasteiger partial charge in [0.05, 0.1) is 33.5 Å². The van der Waals surface area contributed by atoms with Crippen molar-refractivity contribution >= 4 is 23.1 Å². The zero-order valence-corrected chi connectivity index (χ0v) is 18.3. The van der Waals surface area contributed by atoms with E-state index in [4.69, 9.17) is 18.9 Å². The number of imide groups is 1. The Labute approximate surface area is 181 Å². The lowest BCUT2D eigenvalue weighted by Gasteiger charge is -2.16. The first-order valence-electron chi connectivity index (χ1n) is 9.89. The number of likely N-dealkylation sites (N-methyl/N-ethyl adjacent to an activating group) is 1. The van der Waals surface area contributed by atoms with Crippen LogP contribution in [0.1, 0.15) is 19.4 Å². The Morgan fingerprint density at radius 2 is 1.48 bits per heavy atom. The topological polar surface area (TPSA) is 86.3 Å². The van der Waals surface area contributed by atoms with Gasteiger partial charge in [-0.25, -0.2) is 0 Å². The van der Waals surface area contributed by atoms with Gasteiger partial charge >= 0.3 is 0 Å². The summed E-state index contributed by atoms with van der Waals surface area (Å²) >= 11 is 0. The monoisotopic (exact) mass is 426 g/mol. The summed E-state index contributed by atoms with van der Waals surface area (Å²) in [6, 6.07) is 10.4. The molecule has 1 N–H and O–H groups in total. The average molecular weight is 426 g/mol. The van der Waals surface area contributed by atoms with Crippen LogP contribution in [0.3, 0.4) is 0 Å². The minimum Gasteiger partial charge on any atom is -0.494 e. The molecule has 8 heteroatoms. The van der Waals surface area contributed by atoms with Crippen LogP contribution in [0.5, 0.6) is 23.0 Å². The zero-order valence-electron chi connectivity index (χ0n) is 18.3. The number of carbonyl (C=O) groups excluding carboxylic acids is 2. The van der Waals surface area contributed by atoms with E-state index in [1.54, 1.807) is 43.3 Å². The van der Waals surface area contributed by atoms with Gasteiger partial charge in [-0.15, -0.1) is 0 Å². The molecule has 2 aromatic carbocycles. The molecule has 0 spiro atoms. The van der Waals surface area contributed by atoms with Gasteiger partial charge in [-0.3, -0.25) is 14.5 Å². The molecule has 0 saturated carbocycles. The molecule has 1 aliphatic heterocycles. The Hall–Kier alpha value is -3.68. The molecule has 2 amide bonds.